The second-order valence-electron chi connectivity index (χ2n) is 6.11. The van der Waals surface area contributed by atoms with Gasteiger partial charge in [0.05, 0.1) is 12.4 Å². The van der Waals surface area contributed by atoms with E-state index in [9.17, 15) is 8.42 Å². The molecule has 0 amide bonds. The van der Waals surface area contributed by atoms with Crippen LogP contribution in [0.5, 0.6) is 0 Å². The maximum atomic E-state index is 12.3. The molecule has 0 saturated carbocycles. The molecule has 0 radical (unpaired) electrons. The van der Waals surface area contributed by atoms with E-state index in [1.807, 2.05) is 13.8 Å². The number of aromatic nitrogens is 4. The van der Waals surface area contributed by atoms with Gasteiger partial charge in [-0.25, -0.2) is 18.1 Å². The first-order chi connectivity index (χ1) is 11.3. The second-order valence-corrected chi connectivity index (χ2v) is 7.82. The van der Waals surface area contributed by atoms with Crippen LogP contribution in [0.15, 0.2) is 22.1 Å². The van der Waals surface area contributed by atoms with E-state index in [1.165, 1.54) is 12.5 Å². The topological polar surface area (TPSA) is 112 Å². The number of imidazole rings is 1. The van der Waals surface area contributed by atoms with Gasteiger partial charge in [-0.05, 0) is 33.6 Å². The van der Waals surface area contributed by atoms with E-state index >= 15 is 0 Å². The third-order valence-corrected chi connectivity index (χ3v) is 5.18. The van der Waals surface area contributed by atoms with Gasteiger partial charge in [0.2, 0.25) is 0 Å². The molecule has 3 heterocycles. The van der Waals surface area contributed by atoms with E-state index in [2.05, 4.69) is 19.8 Å². The summed E-state index contributed by atoms with van der Waals surface area (Å²) in [6, 6.07) is 0.151. The Morgan fingerprint density at radius 1 is 1.42 bits per heavy atom. The number of nitrogens with one attached hydrogen (secondary N) is 1. The zero-order valence-electron chi connectivity index (χ0n) is 13.8. The summed E-state index contributed by atoms with van der Waals surface area (Å²) in [5.41, 5.74) is 0. The molecule has 1 aliphatic heterocycles. The standard InChI is InChI=1S/C14H21N5O4S/c1-9(2)19-7-13(15-8-19)24(20,21)16-6-11-4-5-12(22-11)14-17-10(3)18-23-14/h7-9,11-12,16H,4-6H2,1-3H3/t11-,12+/m1/s1. The fourth-order valence-corrected chi connectivity index (χ4v) is 3.50. The van der Waals surface area contributed by atoms with Crippen molar-refractivity contribution in [1.29, 1.82) is 0 Å². The number of ether oxygens (including phenoxy) is 1. The zero-order chi connectivity index (χ0) is 17.3. The van der Waals surface area contributed by atoms with Crippen LogP contribution in [0, 0.1) is 6.92 Å². The van der Waals surface area contributed by atoms with Crippen LogP contribution in [0.3, 0.4) is 0 Å². The first-order valence-electron chi connectivity index (χ1n) is 7.84. The fraction of sp³-hybridized carbons (Fsp3) is 0.643. The molecule has 0 aliphatic carbocycles. The van der Waals surface area contributed by atoms with Crippen molar-refractivity contribution in [2.45, 2.75) is 56.9 Å². The normalized spacial score (nSPS) is 21.7. The summed E-state index contributed by atoms with van der Waals surface area (Å²) in [6.45, 7) is 5.83. The summed E-state index contributed by atoms with van der Waals surface area (Å²) >= 11 is 0. The summed E-state index contributed by atoms with van der Waals surface area (Å²) in [4.78, 5) is 8.11. The Balaban J connectivity index is 1.57. The van der Waals surface area contributed by atoms with Gasteiger partial charge in [0.15, 0.2) is 10.9 Å². The predicted molar refractivity (Wildman–Crippen MR) is 83.7 cm³/mol. The molecule has 3 rings (SSSR count). The number of nitrogens with zero attached hydrogens (tertiary/aromatic N) is 4. The molecule has 9 nitrogen and oxygen atoms in total. The lowest BCUT2D eigenvalue weighted by Gasteiger charge is -2.12. The highest BCUT2D eigenvalue weighted by atomic mass is 32.2. The van der Waals surface area contributed by atoms with Crippen LogP contribution >= 0.6 is 0 Å². The lowest BCUT2D eigenvalue weighted by molar-refractivity contribution is 0.0290. The molecule has 132 valence electrons. The van der Waals surface area contributed by atoms with E-state index in [0.717, 1.165) is 12.8 Å². The third kappa shape index (κ3) is 3.65. The van der Waals surface area contributed by atoms with Crippen LogP contribution in [0.4, 0.5) is 0 Å². The Morgan fingerprint density at radius 2 is 2.21 bits per heavy atom. The zero-order valence-corrected chi connectivity index (χ0v) is 14.7. The number of hydrogen-bond donors (Lipinski definition) is 1. The minimum Gasteiger partial charge on any atom is -0.364 e. The van der Waals surface area contributed by atoms with Crippen LogP contribution in [-0.2, 0) is 14.8 Å². The predicted octanol–water partition coefficient (Wildman–Crippen LogP) is 1.35. The van der Waals surface area contributed by atoms with Crippen LogP contribution < -0.4 is 4.72 Å². The van der Waals surface area contributed by atoms with Crippen LogP contribution in [0.2, 0.25) is 0 Å². The van der Waals surface area contributed by atoms with Gasteiger partial charge in [-0.2, -0.15) is 4.98 Å². The molecule has 0 unspecified atom stereocenters. The van der Waals surface area contributed by atoms with Crippen LogP contribution in [0.1, 0.15) is 50.6 Å². The molecule has 0 aromatic carbocycles. The van der Waals surface area contributed by atoms with Gasteiger partial charge in [0.25, 0.3) is 15.9 Å². The van der Waals surface area contributed by atoms with E-state index in [0.29, 0.717) is 11.7 Å². The van der Waals surface area contributed by atoms with Crippen molar-refractivity contribution in [1.82, 2.24) is 24.4 Å². The van der Waals surface area contributed by atoms with Crippen molar-refractivity contribution < 1.29 is 17.7 Å². The monoisotopic (exact) mass is 355 g/mol. The van der Waals surface area contributed by atoms with E-state index in [4.69, 9.17) is 9.26 Å². The highest BCUT2D eigenvalue weighted by Gasteiger charge is 2.31. The van der Waals surface area contributed by atoms with Gasteiger partial charge >= 0.3 is 0 Å². The summed E-state index contributed by atoms with van der Waals surface area (Å²) in [5.74, 6) is 0.993. The van der Waals surface area contributed by atoms with Crippen LogP contribution in [-0.4, -0.2) is 40.8 Å². The molecule has 0 bridgehead atoms. The molecule has 1 saturated heterocycles. The van der Waals surface area contributed by atoms with Crippen molar-refractivity contribution in [2.24, 2.45) is 0 Å². The first-order valence-corrected chi connectivity index (χ1v) is 9.32. The molecule has 0 spiro atoms. The minimum atomic E-state index is -3.65. The molecule has 2 aromatic heterocycles. The quantitative estimate of drug-likeness (QED) is 0.832. The molecular formula is C14H21N5O4S. The molecule has 1 N–H and O–H groups in total. The van der Waals surface area contributed by atoms with Crippen molar-refractivity contribution in [2.75, 3.05) is 6.54 Å². The van der Waals surface area contributed by atoms with Gasteiger partial charge in [-0.3, -0.25) is 0 Å². The van der Waals surface area contributed by atoms with Crippen molar-refractivity contribution in [3.05, 3.63) is 24.2 Å². The lowest BCUT2D eigenvalue weighted by atomic mass is 10.2. The number of hydrogen-bond acceptors (Lipinski definition) is 7. The SMILES string of the molecule is Cc1noc([C@@H]2CC[C@H](CNS(=O)(=O)c3cn(C(C)C)cn3)O2)n1. The number of aryl methyl sites for hydroxylation is 1. The smallest absolute Gasteiger partial charge is 0.259 e. The van der Waals surface area contributed by atoms with Crippen molar-refractivity contribution in [3.8, 4) is 0 Å². The van der Waals surface area contributed by atoms with Crippen molar-refractivity contribution >= 4 is 10.0 Å². The average Bonchev–Trinajstić information content (AvgIpc) is 3.25. The maximum Gasteiger partial charge on any atom is 0.259 e. The fourth-order valence-electron chi connectivity index (χ4n) is 2.50. The molecular weight excluding hydrogens is 334 g/mol. The molecule has 24 heavy (non-hydrogen) atoms. The molecule has 1 aliphatic rings. The Morgan fingerprint density at radius 3 is 2.83 bits per heavy atom. The number of sulfonamides is 1. The maximum absolute atomic E-state index is 12.3. The van der Waals surface area contributed by atoms with Gasteiger partial charge in [-0.15, -0.1) is 0 Å². The van der Waals surface area contributed by atoms with Crippen molar-refractivity contribution in [3.63, 3.8) is 0 Å². The lowest BCUT2D eigenvalue weighted by Crippen LogP contribution is -2.32. The summed E-state index contributed by atoms with van der Waals surface area (Å²) < 4.78 is 39.8. The summed E-state index contributed by atoms with van der Waals surface area (Å²) in [6.07, 6.45) is 3.96. The Kier molecular flexibility index (Phi) is 4.70. The van der Waals surface area contributed by atoms with E-state index in [1.54, 1.807) is 11.5 Å². The minimum absolute atomic E-state index is 0.0123. The van der Waals surface area contributed by atoms with Gasteiger partial charge < -0.3 is 13.8 Å². The largest absolute Gasteiger partial charge is 0.364 e. The van der Waals surface area contributed by atoms with Gasteiger partial charge in [-0.1, -0.05) is 5.16 Å². The van der Waals surface area contributed by atoms with E-state index in [-0.39, 0.29) is 29.8 Å². The summed E-state index contributed by atoms with van der Waals surface area (Å²) in [5, 5.41) is 3.75. The Bertz CT molecular complexity index is 798. The Labute approximate surface area is 140 Å². The highest BCUT2D eigenvalue weighted by Crippen LogP contribution is 2.31. The summed E-state index contributed by atoms with van der Waals surface area (Å²) in [7, 11) is -3.65. The van der Waals surface area contributed by atoms with Gasteiger partial charge in [0, 0.05) is 18.8 Å². The number of rotatable bonds is 6. The average molecular weight is 355 g/mol. The molecule has 2 atom stereocenters. The molecule has 10 heteroatoms. The van der Waals surface area contributed by atoms with Crippen LogP contribution in [0.25, 0.3) is 0 Å². The highest BCUT2D eigenvalue weighted by molar-refractivity contribution is 7.89. The second kappa shape index (κ2) is 6.61. The molecule has 2 aromatic rings. The van der Waals surface area contributed by atoms with E-state index < -0.39 is 10.0 Å². The third-order valence-electron chi connectivity index (χ3n) is 3.88. The van der Waals surface area contributed by atoms with Gasteiger partial charge in [0.1, 0.15) is 6.10 Å². The Hall–Kier alpha value is -1.78. The molecule has 1 fully saturated rings. The first kappa shape index (κ1) is 17.1.